The van der Waals surface area contributed by atoms with Crippen LogP contribution in [0.2, 0.25) is 0 Å². The van der Waals surface area contributed by atoms with Crippen molar-refractivity contribution >= 4 is 22.4 Å². The molecule has 1 radical (unpaired) electrons. The Morgan fingerprint density at radius 3 is 3.21 bits per heavy atom. The van der Waals surface area contributed by atoms with E-state index in [0.29, 0.717) is 0 Å². The fourth-order valence-corrected chi connectivity index (χ4v) is 1.88. The molecule has 2 aromatic heterocycles. The molecular formula is C9H4N3OS. The van der Waals surface area contributed by atoms with Crippen molar-refractivity contribution in [2.45, 2.75) is 0 Å². The molecule has 1 aromatic carbocycles. The van der Waals surface area contributed by atoms with Crippen LogP contribution in [0.3, 0.4) is 0 Å². The first kappa shape index (κ1) is 7.64. The Morgan fingerprint density at radius 2 is 2.36 bits per heavy atom. The van der Waals surface area contributed by atoms with Crippen molar-refractivity contribution in [2.75, 3.05) is 0 Å². The zero-order valence-electron chi connectivity index (χ0n) is 6.97. The molecule has 0 N–H and O–H groups in total. The zero-order valence-corrected chi connectivity index (χ0v) is 7.78. The van der Waals surface area contributed by atoms with Crippen LogP contribution < -0.4 is 0 Å². The lowest BCUT2D eigenvalue weighted by Crippen LogP contribution is -1.79. The first-order valence-corrected chi connectivity index (χ1v) is 4.85. The fraction of sp³-hybridized carbons (Fsp3) is 0. The van der Waals surface area contributed by atoms with E-state index in [4.69, 9.17) is 4.42 Å². The summed E-state index contributed by atoms with van der Waals surface area (Å²) in [6.45, 7) is 0. The van der Waals surface area contributed by atoms with Gasteiger partial charge in [0.25, 0.3) is 6.39 Å². The second-order valence-corrected chi connectivity index (χ2v) is 3.53. The summed E-state index contributed by atoms with van der Waals surface area (Å²) in [6.07, 6.45) is 2.47. The number of para-hydroxylation sites is 1. The number of hydrogen-bond acceptors (Lipinski definition) is 5. The highest BCUT2D eigenvalue weighted by molar-refractivity contribution is 7.12. The van der Waals surface area contributed by atoms with Crippen molar-refractivity contribution in [2.24, 2.45) is 0 Å². The van der Waals surface area contributed by atoms with Gasteiger partial charge in [0.2, 0.25) is 0 Å². The summed E-state index contributed by atoms with van der Waals surface area (Å²) in [5, 5.41) is 8.62. The summed E-state index contributed by atoms with van der Waals surface area (Å²) in [7, 11) is 0. The van der Waals surface area contributed by atoms with E-state index in [0.717, 1.165) is 21.7 Å². The minimum Gasteiger partial charge on any atom is -0.432 e. The highest BCUT2D eigenvalue weighted by Gasteiger charge is 2.09. The Morgan fingerprint density at radius 1 is 1.36 bits per heavy atom. The minimum absolute atomic E-state index is 0.720. The largest absolute Gasteiger partial charge is 0.432 e. The molecule has 0 bridgehead atoms. The quantitative estimate of drug-likeness (QED) is 0.606. The third-order valence-corrected chi connectivity index (χ3v) is 2.63. The van der Waals surface area contributed by atoms with Crippen LogP contribution in [-0.2, 0) is 0 Å². The molecule has 0 aliphatic heterocycles. The molecule has 0 amide bonds. The molecule has 0 aliphatic rings. The second kappa shape index (κ2) is 2.88. The summed E-state index contributed by atoms with van der Waals surface area (Å²) in [4.78, 5) is 4.02. The second-order valence-electron chi connectivity index (χ2n) is 2.70. The van der Waals surface area contributed by atoms with Crippen LogP contribution >= 0.6 is 11.3 Å². The fourth-order valence-electron chi connectivity index (χ4n) is 1.30. The Bertz CT molecular complexity index is 558. The number of fused-ring (bicyclic) bond motifs is 1. The molecular weight excluding hydrogens is 198 g/mol. The van der Waals surface area contributed by atoms with Gasteiger partial charge in [-0.3, -0.25) is 0 Å². The molecule has 0 spiro atoms. The molecule has 5 heteroatoms. The van der Waals surface area contributed by atoms with Crippen LogP contribution in [0.1, 0.15) is 0 Å². The Kier molecular flexibility index (Phi) is 1.57. The van der Waals surface area contributed by atoms with Gasteiger partial charge in [0.05, 0.1) is 0 Å². The van der Waals surface area contributed by atoms with E-state index in [9.17, 15) is 0 Å². The SMILES string of the molecule is [c]1nc2c(-c3nncs3)cccc2o1. The van der Waals surface area contributed by atoms with Gasteiger partial charge in [-0.15, -0.1) is 10.2 Å². The van der Waals surface area contributed by atoms with Crippen molar-refractivity contribution in [3.63, 3.8) is 0 Å². The van der Waals surface area contributed by atoms with E-state index in [-0.39, 0.29) is 0 Å². The third-order valence-electron chi connectivity index (χ3n) is 1.90. The van der Waals surface area contributed by atoms with E-state index < -0.39 is 0 Å². The summed E-state index contributed by atoms with van der Waals surface area (Å²) in [6, 6.07) is 5.70. The van der Waals surface area contributed by atoms with Gasteiger partial charge >= 0.3 is 0 Å². The number of nitrogens with zero attached hydrogens (tertiary/aromatic N) is 3. The number of hydrogen-bond donors (Lipinski definition) is 0. The van der Waals surface area contributed by atoms with Gasteiger partial charge in [0, 0.05) is 5.56 Å². The Hall–Kier alpha value is -1.75. The predicted octanol–water partition coefficient (Wildman–Crippen LogP) is 2.15. The van der Waals surface area contributed by atoms with Gasteiger partial charge in [0.1, 0.15) is 16.0 Å². The molecule has 3 aromatic rings. The van der Waals surface area contributed by atoms with Gasteiger partial charge in [-0.05, 0) is 12.1 Å². The lowest BCUT2D eigenvalue weighted by Gasteiger charge is -1.94. The van der Waals surface area contributed by atoms with Gasteiger partial charge < -0.3 is 4.42 Å². The zero-order chi connectivity index (χ0) is 9.38. The monoisotopic (exact) mass is 202 g/mol. The van der Waals surface area contributed by atoms with Crippen molar-refractivity contribution in [1.82, 2.24) is 15.2 Å². The molecule has 0 saturated carbocycles. The molecule has 2 heterocycles. The number of aromatic nitrogens is 3. The first-order valence-electron chi connectivity index (χ1n) is 3.97. The third kappa shape index (κ3) is 1.03. The van der Waals surface area contributed by atoms with Crippen LogP contribution in [-0.4, -0.2) is 15.2 Å². The molecule has 0 saturated heterocycles. The highest BCUT2D eigenvalue weighted by atomic mass is 32.1. The van der Waals surface area contributed by atoms with Gasteiger partial charge in [0.15, 0.2) is 5.58 Å². The Labute approximate surface area is 83.2 Å². The summed E-state index contributed by atoms with van der Waals surface area (Å²) in [5.74, 6) is 0. The lowest BCUT2D eigenvalue weighted by molar-refractivity contribution is 0.591. The van der Waals surface area contributed by atoms with Crippen LogP contribution in [0.4, 0.5) is 0 Å². The van der Waals surface area contributed by atoms with E-state index in [1.807, 2.05) is 18.2 Å². The maximum absolute atomic E-state index is 5.08. The maximum Gasteiger partial charge on any atom is 0.284 e. The van der Waals surface area contributed by atoms with Gasteiger partial charge in [-0.2, -0.15) is 0 Å². The van der Waals surface area contributed by atoms with Crippen molar-refractivity contribution in [3.8, 4) is 10.6 Å². The van der Waals surface area contributed by atoms with Gasteiger partial charge in [-0.1, -0.05) is 17.4 Å². The average Bonchev–Trinajstić information content (AvgIpc) is 2.88. The molecule has 0 unspecified atom stereocenters. The van der Waals surface area contributed by atoms with Gasteiger partial charge in [-0.25, -0.2) is 4.98 Å². The topological polar surface area (TPSA) is 51.8 Å². The van der Waals surface area contributed by atoms with Crippen LogP contribution in [0, 0.1) is 6.39 Å². The van der Waals surface area contributed by atoms with Crippen LogP contribution in [0.15, 0.2) is 28.1 Å². The molecule has 4 nitrogen and oxygen atoms in total. The molecule has 0 atom stereocenters. The van der Waals surface area contributed by atoms with E-state index in [2.05, 4.69) is 21.6 Å². The average molecular weight is 202 g/mol. The van der Waals surface area contributed by atoms with E-state index >= 15 is 0 Å². The number of rotatable bonds is 1. The molecule has 0 aliphatic carbocycles. The number of benzene rings is 1. The van der Waals surface area contributed by atoms with Crippen LogP contribution in [0.5, 0.6) is 0 Å². The van der Waals surface area contributed by atoms with Crippen molar-refractivity contribution in [3.05, 3.63) is 30.1 Å². The molecule has 3 rings (SSSR count). The van der Waals surface area contributed by atoms with Crippen LogP contribution in [0.25, 0.3) is 21.7 Å². The summed E-state index contributed by atoms with van der Waals surface area (Å²) < 4.78 is 5.08. The minimum atomic E-state index is 0.720. The van der Waals surface area contributed by atoms with E-state index in [1.54, 1.807) is 5.51 Å². The summed E-state index contributed by atoms with van der Waals surface area (Å²) in [5.41, 5.74) is 4.13. The lowest BCUT2D eigenvalue weighted by atomic mass is 10.2. The number of oxazole rings is 1. The molecule has 67 valence electrons. The summed E-state index contributed by atoms with van der Waals surface area (Å²) >= 11 is 1.48. The normalized spacial score (nSPS) is 10.9. The van der Waals surface area contributed by atoms with Crippen molar-refractivity contribution < 1.29 is 4.42 Å². The predicted molar refractivity (Wildman–Crippen MR) is 51.7 cm³/mol. The molecule has 0 fully saturated rings. The smallest absolute Gasteiger partial charge is 0.284 e. The van der Waals surface area contributed by atoms with Crippen molar-refractivity contribution in [1.29, 1.82) is 0 Å². The van der Waals surface area contributed by atoms with E-state index in [1.165, 1.54) is 11.3 Å². The highest BCUT2D eigenvalue weighted by Crippen LogP contribution is 2.27. The standard InChI is InChI=1S/C9H4N3OS/c1-2-6(9-12-11-5-14-9)8-7(3-1)13-4-10-8/h1-3,5H. The Balaban J connectivity index is 2.36. The first-order chi connectivity index (χ1) is 6.95. The maximum atomic E-state index is 5.08. The molecule has 14 heavy (non-hydrogen) atoms.